The van der Waals surface area contributed by atoms with E-state index in [1.54, 1.807) is 0 Å². The Morgan fingerprint density at radius 3 is 2.57 bits per heavy atom. The summed E-state index contributed by atoms with van der Waals surface area (Å²) in [5, 5.41) is 11.3. The Morgan fingerprint density at radius 1 is 1.43 bits per heavy atom. The van der Waals surface area contributed by atoms with E-state index in [-0.39, 0.29) is 12.5 Å². The summed E-state index contributed by atoms with van der Waals surface area (Å²) in [4.78, 5) is 20.9. The van der Waals surface area contributed by atoms with Crippen molar-refractivity contribution in [3.05, 3.63) is 0 Å². The van der Waals surface area contributed by atoms with Crippen molar-refractivity contribution < 1.29 is 14.7 Å². The van der Waals surface area contributed by atoms with Gasteiger partial charge in [-0.3, -0.25) is 9.59 Å². The molecule has 1 rings (SSSR count). The second kappa shape index (κ2) is 5.62. The summed E-state index contributed by atoms with van der Waals surface area (Å²) in [6.45, 7) is 0. The van der Waals surface area contributed by atoms with E-state index < -0.39 is 5.97 Å². The molecule has 0 aliphatic heterocycles. The minimum Gasteiger partial charge on any atom is -0.481 e. The van der Waals surface area contributed by atoms with E-state index >= 15 is 0 Å². The van der Waals surface area contributed by atoms with Crippen LogP contribution in [0.1, 0.15) is 38.5 Å². The van der Waals surface area contributed by atoms with E-state index in [0.717, 1.165) is 25.7 Å². The Hall–Kier alpha value is -1.06. The van der Waals surface area contributed by atoms with Crippen LogP contribution in [-0.4, -0.2) is 23.5 Å². The van der Waals surface area contributed by atoms with Gasteiger partial charge in [-0.1, -0.05) is 19.3 Å². The number of aliphatic carboxylic acids is 1. The van der Waals surface area contributed by atoms with Gasteiger partial charge in [0.2, 0.25) is 6.41 Å². The highest BCUT2D eigenvalue weighted by molar-refractivity contribution is 5.68. The van der Waals surface area contributed by atoms with Crippen LogP contribution < -0.4 is 5.32 Å². The largest absolute Gasteiger partial charge is 0.481 e. The summed E-state index contributed by atoms with van der Waals surface area (Å²) >= 11 is 0. The molecule has 0 aromatic carbocycles. The Kier molecular flexibility index (Phi) is 4.43. The van der Waals surface area contributed by atoms with Gasteiger partial charge in [0.1, 0.15) is 0 Å². The number of amides is 1. The monoisotopic (exact) mass is 199 g/mol. The van der Waals surface area contributed by atoms with Crippen LogP contribution in [0.2, 0.25) is 0 Å². The first-order valence-corrected chi connectivity index (χ1v) is 5.15. The fourth-order valence-electron chi connectivity index (χ4n) is 2.17. The maximum Gasteiger partial charge on any atom is 0.305 e. The van der Waals surface area contributed by atoms with Crippen molar-refractivity contribution in [2.75, 3.05) is 0 Å². The Labute approximate surface area is 83.7 Å². The first kappa shape index (κ1) is 11.0. The molecular weight excluding hydrogens is 182 g/mol. The van der Waals surface area contributed by atoms with Gasteiger partial charge in [0.25, 0.3) is 0 Å². The highest BCUT2D eigenvalue weighted by atomic mass is 16.4. The SMILES string of the molecule is O=CN[C@H](CC(=O)O)C1CCCCC1. The van der Waals surface area contributed by atoms with Gasteiger partial charge in [-0.25, -0.2) is 0 Å². The number of nitrogens with one attached hydrogen (secondary N) is 1. The van der Waals surface area contributed by atoms with Crippen LogP contribution in [0.15, 0.2) is 0 Å². The van der Waals surface area contributed by atoms with Gasteiger partial charge >= 0.3 is 5.97 Å². The molecule has 1 amide bonds. The van der Waals surface area contributed by atoms with Gasteiger partial charge in [-0.05, 0) is 18.8 Å². The smallest absolute Gasteiger partial charge is 0.305 e. The summed E-state index contributed by atoms with van der Waals surface area (Å²) in [6.07, 6.45) is 6.28. The Morgan fingerprint density at radius 2 is 2.07 bits per heavy atom. The van der Waals surface area contributed by atoms with Crippen LogP contribution in [0.3, 0.4) is 0 Å². The third kappa shape index (κ3) is 3.36. The highest BCUT2D eigenvalue weighted by Gasteiger charge is 2.24. The van der Waals surface area contributed by atoms with Crippen molar-refractivity contribution in [2.45, 2.75) is 44.6 Å². The van der Waals surface area contributed by atoms with E-state index in [4.69, 9.17) is 5.11 Å². The van der Waals surface area contributed by atoms with E-state index in [1.165, 1.54) is 6.42 Å². The molecule has 0 spiro atoms. The van der Waals surface area contributed by atoms with Gasteiger partial charge in [0.15, 0.2) is 0 Å². The predicted molar refractivity (Wildman–Crippen MR) is 51.8 cm³/mol. The molecule has 1 atom stereocenters. The lowest BCUT2D eigenvalue weighted by Crippen LogP contribution is -2.38. The van der Waals surface area contributed by atoms with Crippen molar-refractivity contribution in [1.82, 2.24) is 5.32 Å². The van der Waals surface area contributed by atoms with Crippen LogP contribution in [0.5, 0.6) is 0 Å². The molecule has 80 valence electrons. The number of hydrogen-bond donors (Lipinski definition) is 2. The van der Waals surface area contributed by atoms with E-state index in [0.29, 0.717) is 12.3 Å². The van der Waals surface area contributed by atoms with Crippen LogP contribution >= 0.6 is 0 Å². The molecule has 1 saturated carbocycles. The number of carboxylic acids is 1. The molecule has 0 aromatic heterocycles. The fraction of sp³-hybridized carbons (Fsp3) is 0.800. The standard InChI is InChI=1S/C10H17NO3/c12-7-11-9(6-10(13)14)8-4-2-1-3-5-8/h7-9H,1-6H2,(H,11,12)(H,13,14)/t9-/m1/s1. The summed E-state index contributed by atoms with van der Waals surface area (Å²) in [7, 11) is 0. The maximum atomic E-state index is 10.6. The number of carboxylic acid groups (broad SMARTS) is 1. The zero-order chi connectivity index (χ0) is 10.4. The Bertz CT molecular complexity index is 200. The lowest BCUT2D eigenvalue weighted by atomic mass is 9.83. The van der Waals surface area contributed by atoms with Gasteiger partial charge < -0.3 is 10.4 Å². The third-order valence-corrected chi connectivity index (χ3v) is 2.90. The minimum atomic E-state index is -0.838. The molecule has 14 heavy (non-hydrogen) atoms. The lowest BCUT2D eigenvalue weighted by Gasteiger charge is -2.28. The minimum absolute atomic E-state index is 0.0450. The average Bonchev–Trinajstić information content (AvgIpc) is 2.18. The summed E-state index contributed by atoms with van der Waals surface area (Å²) in [5.41, 5.74) is 0. The number of carbonyl (C=O) groups excluding carboxylic acids is 1. The topological polar surface area (TPSA) is 66.4 Å². The zero-order valence-electron chi connectivity index (χ0n) is 8.24. The second-order valence-corrected chi connectivity index (χ2v) is 3.89. The molecule has 1 aliphatic carbocycles. The van der Waals surface area contributed by atoms with Crippen molar-refractivity contribution >= 4 is 12.4 Å². The van der Waals surface area contributed by atoms with Crippen LogP contribution in [0.4, 0.5) is 0 Å². The zero-order valence-corrected chi connectivity index (χ0v) is 8.24. The average molecular weight is 199 g/mol. The number of carbonyl (C=O) groups is 2. The van der Waals surface area contributed by atoms with Crippen LogP contribution in [0.25, 0.3) is 0 Å². The van der Waals surface area contributed by atoms with Gasteiger partial charge in [-0.15, -0.1) is 0 Å². The van der Waals surface area contributed by atoms with Crippen molar-refractivity contribution in [2.24, 2.45) is 5.92 Å². The molecule has 0 saturated heterocycles. The summed E-state index contributed by atoms with van der Waals surface area (Å²) in [6, 6.07) is -0.176. The summed E-state index contributed by atoms with van der Waals surface area (Å²) < 4.78 is 0. The number of hydrogen-bond acceptors (Lipinski definition) is 2. The quantitative estimate of drug-likeness (QED) is 0.653. The van der Waals surface area contributed by atoms with Crippen molar-refractivity contribution in [3.8, 4) is 0 Å². The fourth-order valence-corrected chi connectivity index (χ4v) is 2.17. The van der Waals surface area contributed by atoms with Gasteiger partial charge in [0, 0.05) is 6.04 Å². The highest BCUT2D eigenvalue weighted by Crippen LogP contribution is 2.27. The normalized spacial score (nSPS) is 20.0. The molecule has 2 N–H and O–H groups in total. The van der Waals surface area contributed by atoms with Gasteiger partial charge in [-0.2, -0.15) is 0 Å². The molecule has 0 bridgehead atoms. The molecule has 1 aliphatic rings. The first-order chi connectivity index (χ1) is 6.74. The first-order valence-electron chi connectivity index (χ1n) is 5.15. The van der Waals surface area contributed by atoms with Gasteiger partial charge in [0.05, 0.1) is 6.42 Å². The molecule has 4 nitrogen and oxygen atoms in total. The molecule has 0 radical (unpaired) electrons. The van der Waals surface area contributed by atoms with E-state index in [9.17, 15) is 9.59 Å². The molecule has 1 fully saturated rings. The molecule has 0 heterocycles. The van der Waals surface area contributed by atoms with Crippen molar-refractivity contribution in [1.29, 1.82) is 0 Å². The third-order valence-electron chi connectivity index (χ3n) is 2.90. The van der Waals surface area contributed by atoms with E-state index in [1.807, 2.05) is 0 Å². The van der Waals surface area contributed by atoms with Crippen molar-refractivity contribution in [3.63, 3.8) is 0 Å². The predicted octanol–water partition coefficient (Wildman–Crippen LogP) is 1.16. The molecule has 0 aromatic rings. The van der Waals surface area contributed by atoms with Crippen LogP contribution in [0, 0.1) is 5.92 Å². The maximum absolute atomic E-state index is 10.6. The molecule has 0 unspecified atom stereocenters. The second-order valence-electron chi connectivity index (χ2n) is 3.89. The number of rotatable bonds is 5. The lowest BCUT2D eigenvalue weighted by molar-refractivity contribution is -0.138. The van der Waals surface area contributed by atoms with E-state index in [2.05, 4.69) is 5.32 Å². The van der Waals surface area contributed by atoms with Crippen LogP contribution in [-0.2, 0) is 9.59 Å². The molecule has 4 heteroatoms. The summed E-state index contributed by atoms with van der Waals surface area (Å²) in [5.74, 6) is -0.486. The Balaban J connectivity index is 2.46. The molecular formula is C10H17NO3.